The van der Waals surface area contributed by atoms with E-state index in [1.54, 1.807) is 24.3 Å². The van der Waals surface area contributed by atoms with Gasteiger partial charge in [0.15, 0.2) is 0 Å². The molecule has 1 N–H and O–H groups in total. The van der Waals surface area contributed by atoms with Crippen molar-refractivity contribution in [3.8, 4) is 0 Å². The zero-order chi connectivity index (χ0) is 14.6. The van der Waals surface area contributed by atoms with Gasteiger partial charge < -0.3 is 0 Å². The molecule has 0 bridgehead atoms. The maximum atomic E-state index is 12.2. The van der Waals surface area contributed by atoms with Crippen LogP contribution >= 0.6 is 23.4 Å². The minimum atomic E-state index is -3.27. The predicted molar refractivity (Wildman–Crippen MR) is 86.8 cm³/mol. The third kappa shape index (κ3) is 4.95. The maximum absolute atomic E-state index is 12.2. The van der Waals surface area contributed by atoms with Crippen molar-refractivity contribution in [2.24, 2.45) is 0 Å². The van der Waals surface area contributed by atoms with E-state index in [1.807, 2.05) is 11.8 Å². The van der Waals surface area contributed by atoms with Gasteiger partial charge in [0, 0.05) is 16.3 Å². The molecule has 1 aromatic carbocycles. The molecule has 2 atom stereocenters. The summed E-state index contributed by atoms with van der Waals surface area (Å²) in [6.45, 7) is 2.14. The summed E-state index contributed by atoms with van der Waals surface area (Å²) in [5.74, 6) is 1.11. The average Bonchev–Trinajstić information content (AvgIpc) is 2.79. The number of rotatable bonds is 6. The number of nitrogens with one attached hydrogen (secondary N) is 1. The first-order chi connectivity index (χ1) is 9.48. The molecule has 1 aliphatic rings. The number of hydrogen-bond donors (Lipinski definition) is 1. The summed E-state index contributed by atoms with van der Waals surface area (Å²) < 4.78 is 27.1. The third-order valence-electron chi connectivity index (χ3n) is 3.40. The number of hydrogen-bond acceptors (Lipinski definition) is 3. The van der Waals surface area contributed by atoms with Crippen LogP contribution in [0.1, 0.15) is 31.7 Å². The van der Waals surface area contributed by atoms with Crippen LogP contribution in [0.15, 0.2) is 24.3 Å². The molecule has 1 aromatic rings. The maximum Gasteiger partial charge on any atom is 0.216 e. The van der Waals surface area contributed by atoms with E-state index in [2.05, 4.69) is 11.6 Å². The van der Waals surface area contributed by atoms with E-state index in [0.717, 1.165) is 30.6 Å². The molecular weight excluding hydrogens is 314 g/mol. The van der Waals surface area contributed by atoms with E-state index >= 15 is 0 Å². The van der Waals surface area contributed by atoms with Gasteiger partial charge in [-0.3, -0.25) is 0 Å². The van der Waals surface area contributed by atoms with Crippen molar-refractivity contribution in [3.63, 3.8) is 0 Å². The van der Waals surface area contributed by atoms with Crippen molar-refractivity contribution >= 4 is 33.4 Å². The van der Waals surface area contributed by atoms with Gasteiger partial charge in [-0.1, -0.05) is 30.7 Å². The molecule has 0 aliphatic heterocycles. The van der Waals surface area contributed by atoms with Crippen molar-refractivity contribution in [1.82, 2.24) is 4.72 Å². The fourth-order valence-corrected chi connectivity index (χ4v) is 5.23. The van der Waals surface area contributed by atoms with Crippen LogP contribution in [-0.4, -0.2) is 25.5 Å². The molecule has 2 rings (SSSR count). The van der Waals surface area contributed by atoms with Crippen LogP contribution in [0.5, 0.6) is 0 Å². The van der Waals surface area contributed by atoms with E-state index in [9.17, 15) is 8.42 Å². The minimum Gasteiger partial charge on any atom is -0.212 e. The first kappa shape index (κ1) is 16.1. The van der Waals surface area contributed by atoms with Crippen LogP contribution in [0, 0.1) is 0 Å². The number of sulfonamides is 1. The molecule has 0 radical (unpaired) electrons. The predicted octanol–water partition coefficient (Wildman–Crippen LogP) is 3.43. The van der Waals surface area contributed by atoms with E-state index < -0.39 is 10.0 Å². The molecule has 112 valence electrons. The van der Waals surface area contributed by atoms with Crippen LogP contribution < -0.4 is 4.72 Å². The van der Waals surface area contributed by atoms with Gasteiger partial charge >= 0.3 is 0 Å². The van der Waals surface area contributed by atoms with E-state index in [1.165, 1.54) is 0 Å². The molecule has 3 nitrogen and oxygen atoms in total. The Labute approximate surface area is 130 Å². The number of benzene rings is 1. The Bertz CT molecular complexity index is 531. The highest BCUT2D eigenvalue weighted by Crippen LogP contribution is 2.30. The molecule has 1 aliphatic carbocycles. The molecular formula is C14H20ClNO2S2. The highest BCUT2D eigenvalue weighted by molar-refractivity contribution is 7.99. The van der Waals surface area contributed by atoms with E-state index in [0.29, 0.717) is 10.3 Å². The van der Waals surface area contributed by atoms with Gasteiger partial charge in [-0.2, -0.15) is 11.8 Å². The Morgan fingerprint density at radius 1 is 1.30 bits per heavy atom. The lowest BCUT2D eigenvalue weighted by Gasteiger charge is -2.13. The monoisotopic (exact) mass is 333 g/mol. The van der Waals surface area contributed by atoms with Crippen LogP contribution in [-0.2, 0) is 15.8 Å². The minimum absolute atomic E-state index is 0.0201. The zero-order valence-corrected chi connectivity index (χ0v) is 13.9. The summed E-state index contributed by atoms with van der Waals surface area (Å²) >= 11 is 7.72. The third-order valence-corrected chi connectivity index (χ3v) is 6.29. The van der Waals surface area contributed by atoms with Gasteiger partial charge in [0.1, 0.15) is 0 Å². The fourth-order valence-electron chi connectivity index (χ4n) is 2.53. The number of thioether (sulfide) groups is 1. The van der Waals surface area contributed by atoms with Crippen LogP contribution in [0.2, 0.25) is 5.02 Å². The second-order valence-corrected chi connectivity index (χ2v) is 8.86. The zero-order valence-electron chi connectivity index (χ0n) is 11.5. The largest absolute Gasteiger partial charge is 0.216 e. The summed E-state index contributed by atoms with van der Waals surface area (Å²) in [4.78, 5) is 0. The van der Waals surface area contributed by atoms with Gasteiger partial charge in [-0.25, -0.2) is 13.1 Å². The molecule has 0 amide bonds. The molecule has 1 saturated carbocycles. The smallest absolute Gasteiger partial charge is 0.212 e. The van der Waals surface area contributed by atoms with Crippen molar-refractivity contribution in [2.45, 2.75) is 43.2 Å². The molecule has 2 unspecified atom stereocenters. The molecule has 6 heteroatoms. The molecule has 0 heterocycles. The van der Waals surface area contributed by atoms with Crippen molar-refractivity contribution in [2.75, 3.05) is 5.75 Å². The summed E-state index contributed by atoms with van der Waals surface area (Å²) in [6.07, 6.45) is 2.99. The lowest BCUT2D eigenvalue weighted by atomic mass is 10.2. The topological polar surface area (TPSA) is 46.2 Å². The molecule has 1 fully saturated rings. The van der Waals surface area contributed by atoms with Crippen molar-refractivity contribution < 1.29 is 8.42 Å². The van der Waals surface area contributed by atoms with E-state index in [-0.39, 0.29) is 11.8 Å². The van der Waals surface area contributed by atoms with Gasteiger partial charge in [0.25, 0.3) is 0 Å². The summed E-state index contributed by atoms with van der Waals surface area (Å²) in [5, 5.41) is 1.22. The van der Waals surface area contributed by atoms with Crippen molar-refractivity contribution in [1.29, 1.82) is 0 Å². The quantitative estimate of drug-likeness (QED) is 0.867. The summed E-state index contributed by atoms with van der Waals surface area (Å²) in [7, 11) is -3.27. The standard InChI is InChI=1S/C14H20ClNO2S2/c1-2-19-14-8-7-13(9-14)16-20(17,18)10-11-3-5-12(15)6-4-11/h3-6,13-14,16H,2,7-10H2,1H3. The first-order valence-electron chi connectivity index (χ1n) is 6.84. The lowest BCUT2D eigenvalue weighted by molar-refractivity contribution is 0.552. The summed E-state index contributed by atoms with van der Waals surface area (Å²) in [5.41, 5.74) is 0.763. The highest BCUT2D eigenvalue weighted by Gasteiger charge is 2.27. The Morgan fingerprint density at radius 3 is 2.65 bits per heavy atom. The van der Waals surface area contributed by atoms with Crippen LogP contribution in [0.4, 0.5) is 0 Å². The van der Waals surface area contributed by atoms with Crippen molar-refractivity contribution in [3.05, 3.63) is 34.9 Å². The Kier molecular flexibility index (Phi) is 5.78. The Morgan fingerprint density at radius 2 is 2.00 bits per heavy atom. The SMILES string of the molecule is CCSC1CCC(NS(=O)(=O)Cc2ccc(Cl)cc2)C1. The van der Waals surface area contributed by atoms with Crippen LogP contribution in [0.25, 0.3) is 0 Å². The molecule has 0 spiro atoms. The van der Waals surface area contributed by atoms with Gasteiger partial charge in [0.05, 0.1) is 5.75 Å². The second-order valence-electron chi connectivity index (χ2n) is 5.09. The van der Waals surface area contributed by atoms with Crippen LogP contribution in [0.3, 0.4) is 0 Å². The highest BCUT2D eigenvalue weighted by atomic mass is 35.5. The van der Waals surface area contributed by atoms with E-state index in [4.69, 9.17) is 11.6 Å². The molecule has 0 aromatic heterocycles. The normalized spacial score (nSPS) is 23.1. The lowest BCUT2D eigenvalue weighted by Crippen LogP contribution is -2.34. The molecule has 0 saturated heterocycles. The average molecular weight is 334 g/mol. The number of halogens is 1. The first-order valence-corrected chi connectivity index (χ1v) is 9.92. The Hall–Kier alpha value is -0.230. The second kappa shape index (κ2) is 7.16. The fraction of sp³-hybridized carbons (Fsp3) is 0.571. The Balaban J connectivity index is 1.90. The van der Waals surface area contributed by atoms with Gasteiger partial charge in [0.2, 0.25) is 10.0 Å². The van der Waals surface area contributed by atoms with Gasteiger partial charge in [-0.05, 0) is 42.7 Å². The summed E-state index contributed by atoms with van der Waals surface area (Å²) in [6, 6.07) is 7.04. The van der Waals surface area contributed by atoms with Gasteiger partial charge in [-0.15, -0.1) is 0 Å². The molecule has 20 heavy (non-hydrogen) atoms.